The van der Waals surface area contributed by atoms with E-state index in [0.29, 0.717) is 0 Å². The minimum absolute atomic E-state index is 0. The second-order valence-corrected chi connectivity index (χ2v) is 1.56. The van der Waals surface area contributed by atoms with Crippen molar-refractivity contribution in [3.05, 3.63) is 0 Å². The molecular formula is CH3NNiS2. The second-order valence-electron chi connectivity index (χ2n) is 0.338. The summed E-state index contributed by atoms with van der Waals surface area (Å²) in [5.74, 6) is 0. The summed E-state index contributed by atoms with van der Waals surface area (Å²) in [5, 5.41) is 0. The van der Waals surface area contributed by atoms with Crippen molar-refractivity contribution in [1.29, 1.82) is 0 Å². The minimum Gasteiger partial charge on any atom is -0.385 e. The van der Waals surface area contributed by atoms with Crippen molar-refractivity contribution in [3.63, 3.8) is 0 Å². The van der Waals surface area contributed by atoms with Gasteiger partial charge in [0.25, 0.3) is 0 Å². The molecular weight excluding hydrogens is 149 g/mol. The van der Waals surface area contributed by atoms with Gasteiger partial charge in [0.15, 0.2) is 0 Å². The molecule has 5 heavy (non-hydrogen) atoms. The van der Waals surface area contributed by atoms with E-state index in [-0.39, 0.29) is 20.8 Å². The van der Waals surface area contributed by atoms with Crippen LogP contribution in [-0.4, -0.2) is 4.32 Å². The standard InChI is InChI=1S/CH3NS2.Ni/c2-1(3)4;/h(H3,2,3,4);. The third kappa shape index (κ3) is 65.7. The Morgan fingerprint density at radius 2 is 1.80 bits per heavy atom. The van der Waals surface area contributed by atoms with Crippen molar-refractivity contribution in [3.8, 4) is 0 Å². The summed E-state index contributed by atoms with van der Waals surface area (Å²) < 4.78 is 0.194. The van der Waals surface area contributed by atoms with Gasteiger partial charge in [0, 0.05) is 16.5 Å². The molecule has 0 aromatic heterocycles. The van der Waals surface area contributed by atoms with E-state index in [1.54, 1.807) is 0 Å². The summed E-state index contributed by atoms with van der Waals surface area (Å²) in [5.41, 5.74) is 4.71. The average molecular weight is 152 g/mol. The number of nitrogens with two attached hydrogens (primary N) is 1. The molecule has 0 fully saturated rings. The number of hydrogen-bond acceptors (Lipinski definition) is 1. The smallest absolute Gasteiger partial charge is 0.128 e. The van der Waals surface area contributed by atoms with Crippen molar-refractivity contribution < 1.29 is 16.5 Å². The molecule has 0 rings (SSSR count). The predicted molar refractivity (Wildman–Crippen MR) is 25.8 cm³/mol. The molecule has 0 saturated heterocycles. The number of hydrogen-bond donors (Lipinski definition) is 2. The number of thiocarbonyl (C=S) groups is 1. The molecule has 0 aromatic rings. The monoisotopic (exact) mass is 151 g/mol. The molecule has 0 aliphatic carbocycles. The first kappa shape index (κ1) is 9.22. The fourth-order valence-corrected chi connectivity index (χ4v) is 0. The van der Waals surface area contributed by atoms with Crippen LogP contribution >= 0.6 is 24.8 Å². The predicted octanol–water partition coefficient (Wildman–Crippen LogP) is 0.157. The average Bonchev–Trinajstić information content (AvgIpc) is 0.811. The summed E-state index contributed by atoms with van der Waals surface area (Å²) in [6.45, 7) is 0. The van der Waals surface area contributed by atoms with Gasteiger partial charge >= 0.3 is 0 Å². The number of rotatable bonds is 0. The molecule has 0 atom stereocenters. The Hall–Kier alpha value is 0.734. The zero-order chi connectivity index (χ0) is 3.58. The maximum atomic E-state index is 4.71. The van der Waals surface area contributed by atoms with Gasteiger partial charge in [-0.3, -0.25) is 0 Å². The van der Waals surface area contributed by atoms with E-state index in [1.807, 2.05) is 0 Å². The van der Waals surface area contributed by atoms with Crippen LogP contribution in [0, 0.1) is 0 Å². The van der Waals surface area contributed by atoms with Crippen molar-refractivity contribution in [1.82, 2.24) is 0 Å². The third-order valence-corrected chi connectivity index (χ3v) is 0. The fraction of sp³-hybridized carbons (Fsp3) is 0. The third-order valence-electron chi connectivity index (χ3n) is 0. The van der Waals surface area contributed by atoms with Crippen LogP contribution in [0.4, 0.5) is 0 Å². The molecule has 0 bridgehead atoms. The first-order valence-corrected chi connectivity index (χ1v) is 1.57. The maximum absolute atomic E-state index is 4.71. The van der Waals surface area contributed by atoms with E-state index in [2.05, 4.69) is 24.8 Å². The topological polar surface area (TPSA) is 26.0 Å². The minimum atomic E-state index is 0. The molecule has 2 N–H and O–H groups in total. The molecule has 0 aliphatic heterocycles. The molecule has 0 amide bonds. The summed E-state index contributed by atoms with van der Waals surface area (Å²) >= 11 is 7.65. The van der Waals surface area contributed by atoms with Gasteiger partial charge in [0.05, 0.1) is 0 Å². The van der Waals surface area contributed by atoms with E-state index in [4.69, 9.17) is 5.73 Å². The van der Waals surface area contributed by atoms with Gasteiger partial charge in [-0.1, -0.05) is 12.2 Å². The first-order chi connectivity index (χ1) is 1.73. The van der Waals surface area contributed by atoms with Gasteiger partial charge < -0.3 is 5.73 Å². The summed E-state index contributed by atoms with van der Waals surface area (Å²) in [6, 6.07) is 0. The summed E-state index contributed by atoms with van der Waals surface area (Å²) in [7, 11) is 0. The Bertz CT molecular complexity index is 32.6. The van der Waals surface area contributed by atoms with Crippen LogP contribution in [0.15, 0.2) is 0 Å². The Kier molecular flexibility index (Phi) is 8.72. The quantitative estimate of drug-likeness (QED) is 0.293. The molecule has 0 heterocycles. The van der Waals surface area contributed by atoms with Crippen molar-refractivity contribution in [2.45, 2.75) is 0 Å². The fourth-order valence-electron chi connectivity index (χ4n) is 0. The molecule has 0 radical (unpaired) electrons. The van der Waals surface area contributed by atoms with Crippen molar-refractivity contribution >= 4 is 29.2 Å². The van der Waals surface area contributed by atoms with E-state index in [0.717, 1.165) is 0 Å². The molecule has 0 aliphatic rings. The maximum Gasteiger partial charge on any atom is 0.128 e. The molecule has 4 heteroatoms. The molecule has 1 nitrogen and oxygen atoms in total. The van der Waals surface area contributed by atoms with Crippen molar-refractivity contribution in [2.75, 3.05) is 0 Å². The molecule has 34 valence electrons. The van der Waals surface area contributed by atoms with Gasteiger partial charge in [0.1, 0.15) is 4.32 Å². The van der Waals surface area contributed by atoms with Crippen LogP contribution in [0.25, 0.3) is 0 Å². The van der Waals surface area contributed by atoms with Crippen molar-refractivity contribution in [2.24, 2.45) is 5.73 Å². The van der Waals surface area contributed by atoms with Crippen LogP contribution in [0.5, 0.6) is 0 Å². The largest absolute Gasteiger partial charge is 0.385 e. The van der Waals surface area contributed by atoms with Gasteiger partial charge in [-0.2, -0.15) is 0 Å². The summed E-state index contributed by atoms with van der Waals surface area (Å²) in [6.07, 6.45) is 0. The Labute approximate surface area is 51.6 Å². The SMILES string of the molecule is NC(=S)S.[Ni]. The zero-order valence-corrected chi connectivity index (χ0v) is 4.95. The first-order valence-electron chi connectivity index (χ1n) is 0.716. The van der Waals surface area contributed by atoms with Gasteiger partial charge in [-0.15, -0.1) is 12.6 Å². The zero-order valence-electron chi connectivity index (χ0n) is 2.25. The number of thiol groups is 1. The van der Waals surface area contributed by atoms with Crippen LogP contribution in [-0.2, 0) is 16.5 Å². The van der Waals surface area contributed by atoms with Crippen LogP contribution in [0.3, 0.4) is 0 Å². The van der Waals surface area contributed by atoms with Crippen LogP contribution < -0.4 is 5.73 Å². The van der Waals surface area contributed by atoms with Crippen LogP contribution in [0.1, 0.15) is 0 Å². The molecule has 0 aromatic carbocycles. The Morgan fingerprint density at radius 1 is 1.80 bits per heavy atom. The second kappa shape index (κ2) is 4.73. The van der Waals surface area contributed by atoms with Crippen LogP contribution in [0.2, 0.25) is 0 Å². The van der Waals surface area contributed by atoms with E-state index < -0.39 is 0 Å². The molecule has 0 spiro atoms. The van der Waals surface area contributed by atoms with E-state index >= 15 is 0 Å². The Morgan fingerprint density at radius 3 is 1.80 bits per heavy atom. The normalized spacial score (nSPS) is 5.00. The van der Waals surface area contributed by atoms with E-state index in [1.165, 1.54) is 0 Å². The summed E-state index contributed by atoms with van der Waals surface area (Å²) in [4.78, 5) is 0. The van der Waals surface area contributed by atoms with Gasteiger partial charge in [-0.25, -0.2) is 0 Å². The van der Waals surface area contributed by atoms with Gasteiger partial charge in [-0.05, 0) is 0 Å². The van der Waals surface area contributed by atoms with Gasteiger partial charge in [0.2, 0.25) is 0 Å². The Balaban J connectivity index is 0. The molecule has 0 unspecified atom stereocenters. The van der Waals surface area contributed by atoms with E-state index in [9.17, 15) is 0 Å². The molecule has 0 saturated carbocycles.